The molecular formula is C20H21Cl2N3O2S. The van der Waals surface area contributed by atoms with Crippen LogP contribution in [0.15, 0.2) is 59.6 Å². The minimum Gasteiger partial charge on any atom is -0.266 e. The van der Waals surface area contributed by atoms with Gasteiger partial charge in [0, 0.05) is 12.3 Å². The Bertz CT molecular complexity index is 1060. The normalized spacial score (nSPS) is 12.7. The monoisotopic (exact) mass is 437 g/mol. The van der Waals surface area contributed by atoms with Gasteiger partial charge in [0.2, 0.25) is 0 Å². The Kier molecular flexibility index (Phi) is 6.33. The molecule has 1 aromatic heterocycles. The Morgan fingerprint density at radius 2 is 1.79 bits per heavy atom. The second kappa shape index (κ2) is 8.55. The third-order valence-electron chi connectivity index (χ3n) is 4.58. The smallest absolute Gasteiger partial charge is 0.263 e. The van der Waals surface area contributed by atoms with Crippen molar-refractivity contribution in [2.75, 3.05) is 4.72 Å². The first kappa shape index (κ1) is 20.7. The molecule has 3 rings (SSSR count). The van der Waals surface area contributed by atoms with Crippen molar-refractivity contribution >= 4 is 39.0 Å². The summed E-state index contributed by atoms with van der Waals surface area (Å²) >= 11 is 11.9. The van der Waals surface area contributed by atoms with Crippen molar-refractivity contribution in [1.29, 1.82) is 0 Å². The predicted octanol–water partition coefficient (Wildman–Crippen LogP) is 5.55. The quantitative estimate of drug-likeness (QED) is 0.526. The van der Waals surface area contributed by atoms with Crippen molar-refractivity contribution in [3.63, 3.8) is 0 Å². The molecule has 3 aromatic rings. The zero-order valence-corrected chi connectivity index (χ0v) is 17.9. The molecule has 148 valence electrons. The van der Waals surface area contributed by atoms with E-state index in [4.69, 9.17) is 23.2 Å². The van der Waals surface area contributed by atoms with E-state index in [1.54, 1.807) is 41.2 Å². The van der Waals surface area contributed by atoms with E-state index in [0.717, 1.165) is 17.5 Å². The molecule has 8 heteroatoms. The fourth-order valence-electron chi connectivity index (χ4n) is 2.74. The van der Waals surface area contributed by atoms with Crippen LogP contribution < -0.4 is 4.72 Å². The van der Waals surface area contributed by atoms with Gasteiger partial charge >= 0.3 is 0 Å². The molecule has 0 aliphatic rings. The maximum absolute atomic E-state index is 12.6. The van der Waals surface area contributed by atoms with Gasteiger partial charge in [0.05, 0.1) is 21.5 Å². The lowest BCUT2D eigenvalue weighted by Crippen LogP contribution is -2.14. The Hall–Kier alpha value is -2.02. The molecule has 0 spiro atoms. The molecule has 0 saturated carbocycles. The number of hydrogen-bond donors (Lipinski definition) is 1. The minimum absolute atomic E-state index is 0.207. The highest BCUT2D eigenvalue weighted by atomic mass is 35.5. The zero-order valence-electron chi connectivity index (χ0n) is 15.6. The number of sulfonamides is 1. The first-order valence-corrected chi connectivity index (χ1v) is 11.1. The summed E-state index contributed by atoms with van der Waals surface area (Å²) in [6, 6.07) is 13.9. The number of anilines is 1. The van der Waals surface area contributed by atoms with Gasteiger partial charge < -0.3 is 0 Å². The van der Waals surface area contributed by atoms with Gasteiger partial charge in [0.1, 0.15) is 0 Å². The van der Waals surface area contributed by atoms with Crippen LogP contribution in [0.3, 0.4) is 0 Å². The summed E-state index contributed by atoms with van der Waals surface area (Å²) in [4.78, 5) is 0.207. The molecule has 0 bridgehead atoms. The number of benzene rings is 2. The molecule has 1 N–H and O–H groups in total. The van der Waals surface area contributed by atoms with Gasteiger partial charge in [0.25, 0.3) is 10.0 Å². The fourth-order valence-corrected chi connectivity index (χ4v) is 4.05. The summed E-state index contributed by atoms with van der Waals surface area (Å²) in [6.07, 6.45) is 2.70. The van der Waals surface area contributed by atoms with Crippen LogP contribution in [0.25, 0.3) is 0 Å². The predicted molar refractivity (Wildman–Crippen MR) is 114 cm³/mol. The molecule has 0 aliphatic heterocycles. The van der Waals surface area contributed by atoms with E-state index in [1.165, 1.54) is 0 Å². The molecule has 0 aliphatic carbocycles. The molecule has 28 heavy (non-hydrogen) atoms. The summed E-state index contributed by atoms with van der Waals surface area (Å²) in [6.45, 7) is 4.66. The summed E-state index contributed by atoms with van der Waals surface area (Å²) in [5, 5.41) is 5.23. The number of rotatable bonds is 7. The van der Waals surface area contributed by atoms with Gasteiger partial charge in [-0.25, -0.2) is 8.42 Å². The number of aromatic nitrogens is 2. The lowest BCUT2D eigenvalue weighted by atomic mass is 9.99. The van der Waals surface area contributed by atoms with Crippen LogP contribution in [-0.4, -0.2) is 18.2 Å². The van der Waals surface area contributed by atoms with Crippen molar-refractivity contribution in [2.24, 2.45) is 0 Å². The van der Waals surface area contributed by atoms with Crippen LogP contribution in [0.4, 0.5) is 5.82 Å². The largest absolute Gasteiger partial charge is 0.266 e. The Morgan fingerprint density at radius 1 is 1.07 bits per heavy atom. The molecule has 1 heterocycles. The SMILES string of the molecule is CCC(C)c1ccc(S(=O)(=O)Nc2ccn(Cc3ccc(Cl)c(Cl)c3)n2)cc1. The van der Waals surface area contributed by atoms with Crippen LogP contribution in [0.1, 0.15) is 37.3 Å². The minimum atomic E-state index is -3.70. The van der Waals surface area contributed by atoms with E-state index in [-0.39, 0.29) is 10.7 Å². The van der Waals surface area contributed by atoms with Gasteiger partial charge in [-0.2, -0.15) is 5.10 Å². The van der Waals surface area contributed by atoms with Crippen LogP contribution in [-0.2, 0) is 16.6 Å². The number of nitrogens with zero attached hydrogens (tertiary/aromatic N) is 2. The van der Waals surface area contributed by atoms with Crippen LogP contribution in [0, 0.1) is 0 Å². The van der Waals surface area contributed by atoms with Crippen molar-refractivity contribution in [2.45, 2.75) is 37.6 Å². The average molecular weight is 438 g/mol. The van der Waals surface area contributed by atoms with Gasteiger partial charge in [-0.15, -0.1) is 0 Å². The van der Waals surface area contributed by atoms with Crippen molar-refractivity contribution in [1.82, 2.24) is 9.78 Å². The maximum Gasteiger partial charge on any atom is 0.263 e. The van der Waals surface area contributed by atoms with Gasteiger partial charge in [0.15, 0.2) is 5.82 Å². The molecule has 0 fully saturated rings. The summed E-state index contributed by atoms with van der Waals surface area (Å²) in [7, 11) is -3.70. The number of nitrogens with one attached hydrogen (secondary N) is 1. The van der Waals surface area contributed by atoms with Gasteiger partial charge in [-0.1, -0.05) is 55.2 Å². The standard InChI is InChI=1S/C20H21Cl2N3O2S/c1-3-14(2)16-5-7-17(8-6-16)28(26,27)24-20-10-11-25(23-20)13-15-4-9-18(21)19(22)12-15/h4-12,14H,3,13H2,1-2H3,(H,23,24). The lowest BCUT2D eigenvalue weighted by molar-refractivity contribution is 0.600. The van der Waals surface area contributed by atoms with Gasteiger partial charge in [-0.3, -0.25) is 9.40 Å². The Balaban J connectivity index is 1.72. The van der Waals surface area contributed by atoms with Crippen LogP contribution in [0.2, 0.25) is 10.0 Å². The summed E-state index contributed by atoms with van der Waals surface area (Å²) in [5.41, 5.74) is 2.03. The zero-order chi connectivity index (χ0) is 20.3. The molecule has 2 aromatic carbocycles. The van der Waals surface area contributed by atoms with Crippen molar-refractivity contribution < 1.29 is 8.42 Å². The van der Waals surface area contributed by atoms with Crippen molar-refractivity contribution in [3.05, 3.63) is 75.9 Å². The first-order valence-electron chi connectivity index (χ1n) is 8.88. The van der Waals surface area contributed by atoms with Gasteiger partial charge in [-0.05, 0) is 47.7 Å². The highest BCUT2D eigenvalue weighted by Gasteiger charge is 2.16. The van der Waals surface area contributed by atoms with E-state index < -0.39 is 10.0 Å². The third-order valence-corrected chi connectivity index (χ3v) is 6.69. The molecule has 0 amide bonds. The van der Waals surface area contributed by atoms with E-state index >= 15 is 0 Å². The Labute approximate surface area is 175 Å². The second-order valence-corrected chi connectivity index (χ2v) is 9.13. The molecule has 0 saturated heterocycles. The summed E-state index contributed by atoms with van der Waals surface area (Å²) < 4.78 is 29.4. The number of halogens is 2. The summed E-state index contributed by atoms with van der Waals surface area (Å²) in [5.74, 6) is 0.646. The molecule has 1 unspecified atom stereocenters. The topological polar surface area (TPSA) is 64.0 Å². The van der Waals surface area contributed by atoms with E-state index in [0.29, 0.717) is 22.5 Å². The molecule has 5 nitrogen and oxygen atoms in total. The fraction of sp³-hybridized carbons (Fsp3) is 0.250. The third kappa shape index (κ3) is 4.87. The van der Waals surface area contributed by atoms with E-state index in [1.807, 2.05) is 18.2 Å². The molecular weight excluding hydrogens is 417 g/mol. The molecule has 1 atom stereocenters. The van der Waals surface area contributed by atoms with Crippen molar-refractivity contribution in [3.8, 4) is 0 Å². The van der Waals surface area contributed by atoms with Crippen LogP contribution in [0.5, 0.6) is 0 Å². The van der Waals surface area contributed by atoms with E-state index in [9.17, 15) is 8.42 Å². The highest BCUT2D eigenvalue weighted by Crippen LogP contribution is 2.24. The first-order chi connectivity index (χ1) is 13.3. The van der Waals surface area contributed by atoms with Crippen LogP contribution >= 0.6 is 23.2 Å². The average Bonchev–Trinajstić information content (AvgIpc) is 3.10. The highest BCUT2D eigenvalue weighted by molar-refractivity contribution is 7.92. The second-order valence-electron chi connectivity index (χ2n) is 6.63. The maximum atomic E-state index is 12.6. The molecule has 0 radical (unpaired) electrons. The number of hydrogen-bond acceptors (Lipinski definition) is 3. The Morgan fingerprint density at radius 3 is 2.43 bits per heavy atom. The lowest BCUT2D eigenvalue weighted by Gasteiger charge is -2.10. The van der Waals surface area contributed by atoms with E-state index in [2.05, 4.69) is 23.7 Å².